The van der Waals surface area contributed by atoms with Crippen molar-refractivity contribution >= 4 is 18.4 Å². The van der Waals surface area contributed by atoms with Crippen LogP contribution in [0.4, 0.5) is 0 Å². The van der Waals surface area contributed by atoms with Crippen LogP contribution >= 0.6 is 12.2 Å². The minimum atomic E-state index is -0.362. The summed E-state index contributed by atoms with van der Waals surface area (Å²) in [5, 5.41) is 10.6. The molecule has 2 heterocycles. The fraction of sp³-hybridized carbons (Fsp3) is 0.375. The summed E-state index contributed by atoms with van der Waals surface area (Å²) in [6.45, 7) is 6.06. The van der Waals surface area contributed by atoms with Gasteiger partial charge in [0.15, 0.2) is 0 Å². The van der Waals surface area contributed by atoms with Crippen molar-refractivity contribution in [1.82, 2.24) is 14.9 Å². The van der Waals surface area contributed by atoms with Crippen LogP contribution in [0.1, 0.15) is 30.7 Å². The summed E-state index contributed by atoms with van der Waals surface area (Å²) in [6, 6.07) is 3.84. The van der Waals surface area contributed by atoms with Crippen LogP contribution < -0.4 is 15.0 Å². The number of nitrogens with zero attached hydrogens (tertiary/aromatic N) is 3. The molecule has 0 amide bonds. The van der Waals surface area contributed by atoms with E-state index in [9.17, 15) is 4.79 Å². The molecule has 1 aliphatic heterocycles. The highest BCUT2D eigenvalue weighted by molar-refractivity contribution is 7.71. The van der Waals surface area contributed by atoms with Crippen LogP contribution in [0.15, 0.2) is 22.0 Å². The van der Waals surface area contributed by atoms with E-state index in [1.807, 2.05) is 26.0 Å². The van der Waals surface area contributed by atoms with Crippen molar-refractivity contribution in [1.29, 1.82) is 0 Å². The number of H-pyrrole nitrogens is 1. The summed E-state index contributed by atoms with van der Waals surface area (Å²) in [5.74, 6) is 1.52. The van der Waals surface area contributed by atoms with Gasteiger partial charge in [0.05, 0.1) is 12.8 Å². The zero-order valence-electron chi connectivity index (χ0n) is 13.7. The maximum atomic E-state index is 12.1. The summed E-state index contributed by atoms with van der Waals surface area (Å²) >= 11 is 5.07. The quantitative estimate of drug-likeness (QED) is 0.678. The third-order valence-corrected chi connectivity index (χ3v) is 3.92. The Morgan fingerprint density at radius 3 is 3.12 bits per heavy atom. The highest BCUT2D eigenvalue weighted by atomic mass is 32.1. The van der Waals surface area contributed by atoms with Crippen LogP contribution in [-0.4, -0.2) is 33.8 Å². The predicted molar refractivity (Wildman–Crippen MR) is 92.8 cm³/mol. The van der Waals surface area contributed by atoms with Crippen LogP contribution in [0.5, 0.6) is 11.5 Å². The van der Waals surface area contributed by atoms with Crippen molar-refractivity contribution in [2.24, 2.45) is 5.10 Å². The van der Waals surface area contributed by atoms with Crippen molar-refractivity contribution in [3.8, 4) is 11.5 Å². The van der Waals surface area contributed by atoms with E-state index in [-0.39, 0.29) is 22.1 Å². The first kappa shape index (κ1) is 16.4. The average molecular weight is 346 g/mol. The summed E-state index contributed by atoms with van der Waals surface area (Å²) in [7, 11) is 0. The normalized spacial score (nSPS) is 16.2. The number of rotatable bonds is 4. The lowest BCUT2D eigenvalue weighted by molar-refractivity contribution is 0.254. The van der Waals surface area contributed by atoms with Gasteiger partial charge in [-0.3, -0.25) is 9.89 Å². The molecule has 1 aliphatic rings. The monoisotopic (exact) mass is 346 g/mol. The Balaban J connectivity index is 2.04. The van der Waals surface area contributed by atoms with E-state index in [0.717, 1.165) is 28.0 Å². The minimum absolute atomic E-state index is 0.130. The molecular formula is C16H18N4O3S. The molecule has 0 saturated carbocycles. The third kappa shape index (κ3) is 3.09. The van der Waals surface area contributed by atoms with Crippen molar-refractivity contribution in [2.75, 3.05) is 6.61 Å². The summed E-state index contributed by atoms with van der Waals surface area (Å²) in [4.78, 5) is 12.1. The standard InChI is InChI=1S/C16H18N4O3S/c1-4-22-13-6-11-5-9(2)23-14(11)7-12(13)8-17-20-15(21)10(3)18-19-16(20)24/h6-9H,4-5H2,1-3H3,(H,19,24)/b17-8-/t9-/m1/s1. The molecule has 0 unspecified atom stereocenters. The first-order chi connectivity index (χ1) is 11.5. The van der Waals surface area contributed by atoms with Gasteiger partial charge < -0.3 is 9.47 Å². The number of aromatic amines is 1. The molecule has 1 N–H and O–H groups in total. The molecule has 1 aromatic heterocycles. The van der Waals surface area contributed by atoms with Gasteiger partial charge in [0.2, 0.25) is 4.77 Å². The maximum Gasteiger partial charge on any atom is 0.296 e. The molecule has 0 saturated heterocycles. The van der Waals surface area contributed by atoms with E-state index < -0.39 is 0 Å². The van der Waals surface area contributed by atoms with Crippen LogP contribution in [0.2, 0.25) is 0 Å². The highest BCUT2D eigenvalue weighted by Crippen LogP contribution is 2.34. The fourth-order valence-corrected chi connectivity index (χ4v) is 2.71. The lowest BCUT2D eigenvalue weighted by Gasteiger charge is -2.09. The molecule has 0 spiro atoms. The van der Waals surface area contributed by atoms with Crippen molar-refractivity contribution in [3.63, 3.8) is 0 Å². The van der Waals surface area contributed by atoms with Gasteiger partial charge in [-0.25, -0.2) is 0 Å². The van der Waals surface area contributed by atoms with Crippen molar-refractivity contribution in [2.45, 2.75) is 33.3 Å². The second kappa shape index (κ2) is 6.56. The Bertz CT molecular complexity index is 917. The third-order valence-electron chi connectivity index (χ3n) is 3.65. The van der Waals surface area contributed by atoms with E-state index in [4.69, 9.17) is 21.7 Å². The van der Waals surface area contributed by atoms with Crippen LogP contribution in [-0.2, 0) is 6.42 Å². The number of fused-ring (bicyclic) bond motifs is 1. The Kier molecular flexibility index (Phi) is 4.48. The number of aryl methyl sites for hydroxylation is 1. The number of aromatic nitrogens is 3. The first-order valence-electron chi connectivity index (χ1n) is 7.68. The molecule has 7 nitrogen and oxygen atoms in total. The molecule has 0 radical (unpaired) electrons. The van der Waals surface area contributed by atoms with E-state index in [0.29, 0.717) is 12.4 Å². The molecule has 8 heteroatoms. The topological polar surface area (TPSA) is 81.5 Å². The predicted octanol–water partition coefficient (Wildman–Crippen LogP) is 2.21. The van der Waals surface area contributed by atoms with Crippen LogP contribution in [0, 0.1) is 11.7 Å². The van der Waals surface area contributed by atoms with Gasteiger partial charge in [0.25, 0.3) is 5.56 Å². The maximum absolute atomic E-state index is 12.1. The Morgan fingerprint density at radius 1 is 1.58 bits per heavy atom. The molecule has 126 valence electrons. The van der Waals surface area contributed by atoms with Gasteiger partial charge in [-0.2, -0.15) is 14.9 Å². The second-order valence-electron chi connectivity index (χ2n) is 5.54. The number of nitrogens with one attached hydrogen (secondary N) is 1. The first-order valence-corrected chi connectivity index (χ1v) is 8.09. The molecule has 1 aromatic carbocycles. The highest BCUT2D eigenvalue weighted by Gasteiger charge is 2.21. The SMILES string of the molecule is CCOc1cc2c(cc1/C=N\n1c(=S)[nH]nc(C)c1=O)O[C@H](C)C2. The lowest BCUT2D eigenvalue weighted by atomic mass is 10.1. The number of hydrogen-bond donors (Lipinski definition) is 1. The largest absolute Gasteiger partial charge is 0.493 e. The Morgan fingerprint density at radius 2 is 2.38 bits per heavy atom. The Labute approximate surface area is 143 Å². The van der Waals surface area contributed by atoms with Gasteiger partial charge in [-0.1, -0.05) is 0 Å². The van der Waals surface area contributed by atoms with E-state index >= 15 is 0 Å². The molecule has 0 aliphatic carbocycles. The minimum Gasteiger partial charge on any atom is -0.493 e. The second-order valence-corrected chi connectivity index (χ2v) is 5.93. The summed E-state index contributed by atoms with van der Waals surface area (Å²) in [5.41, 5.74) is 1.76. The molecule has 0 fully saturated rings. The smallest absolute Gasteiger partial charge is 0.296 e. The molecule has 3 rings (SSSR count). The molecule has 0 bridgehead atoms. The molecule has 2 aromatic rings. The summed E-state index contributed by atoms with van der Waals surface area (Å²) in [6.07, 6.45) is 2.53. The van der Waals surface area contributed by atoms with Gasteiger partial charge in [0, 0.05) is 17.5 Å². The molecule has 1 atom stereocenters. The number of ether oxygens (including phenoxy) is 2. The molecule has 24 heavy (non-hydrogen) atoms. The van der Waals surface area contributed by atoms with Crippen molar-refractivity contribution < 1.29 is 9.47 Å². The van der Waals surface area contributed by atoms with Gasteiger partial charge in [0.1, 0.15) is 23.3 Å². The molecular weight excluding hydrogens is 328 g/mol. The average Bonchev–Trinajstić information content (AvgIpc) is 2.90. The van der Waals surface area contributed by atoms with Crippen LogP contribution in [0.3, 0.4) is 0 Å². The van der Waals surface area contributed by atoms with Gasteiger partial charge >= 0.3 is 0 Å². The zero-order valence-corrected chi connectivity index (χ0v) is 14.5. The van der Waals surface area contributed by atoms with Crippen molar-refractivity contribution in [3.05, 3.63) is 44.1 Å². The van der Waals surface area contributed by atoms with Gasteiger partial charge in [-0.05, 0) is 45.1 Å². The Hall–Kier alpha value is -2.48. The summed E-state index contributed by atoms with van der Waals surface area (Å²) < 4.78 is 12.7. The van der Waals surface area contributed by atoms with Gasteiger partial charge in [-0.15, -0.1) is 0 Å². The number of benzene rings is 1. The lowest BCUT2D eigenvalue weighted by Crippen LogP contribution is -2.22. The van der Waals surface area contributed by atoms with Crippen LogP contribution in [0.25, 0.3) is 0 Å². The van der Waals surface area contributed by atoms with E-state index in [1.165, 1.54) is 0 Å². The van der Waals surface area contributed by atoms with E-state index in [1.54, 1.807) is 13.1 Å². The van der Waals surface area contributed by atoms with E-state index in [2.05, 4.69) is 15.3 Å². The zero-order chi connectivity index (χ0) is 17.3. The number of hydrogen-bond acceptors (Lipinski definition) is 6. The fourth-order valence-electron chi connectivity index (χ4n) is 2.53.